The molecule has 0 spiro atoms. The van der Waals surface area contributed by atoms with E-state index in [9.17, 15) is 26.7 Å². The third-order valence-electron chi connectivity index (χ3n) is 3.26. The van der Waals surface area contributed by atoms with Crippen LogP contribution in [0.1, 0.15) is 32.6 Å². The molecule has 0 aliphatic heterocycles. The first-order valence-corrected chi connectivity index (χ1v) is 7.53. The standard InChI is InChI=1S/C10H19F3N2O3S/c1-8-2-4-9(16,5-3-8)6-14-19(17,18)15-7-10(11,12)13/h8,14-16H,2-7H2,1H3. The Hall–Kier alpha value is -0.380. The maximum Gasteiger partial charge on any atom is 0.402 e. The first-order valence-electron chi connectivity index (χ1n) is 6.05. The van der Waals surface area contributed by atoms with Crippen LogP contribution in [-0.2, 0) is 10.2 Å². The van der Waals surface area contributed by atoms with Crippen molar-refractivity contribution in [2.24, 2.45) is 5.92 Å². The van der Waals surface area contributed by atoms with E-state index in [1.54, 1.807) is 0 Å². The Kier molecular flexibility index (Phi) is 5.21. The summed E-state index contributed by atoms with van der Waals surface area (Å²) in [6, 6.07) is 0. The van der Waals surface area contributed by atoms with Crippen molar-refractivity contribution in [2.45, 2.75) is 44.4 Å². The van der Waals surface area contributed by atoms with Crippen molar-refractivity contribution in [2.75, 3.05) is 13.1 Å². The normalized spacial score (nSPS) is 29.4. The van der Waals surface area contributed by atoms with Crippen LogP contribution in [0.15, 0.2) is 0 Å². The van der Waals surface area contributed by atoms with Gasteiger partial charge in [-0.2, -0.15) is 31.0 Å². The maximum absolute atomic E-state index is 11.9. The summed E-state index contributed by atoms with van der Waals surface area (Å²) in [6.07, 6.45) is -2.18. The lowest BCUT2D eigenvalue weighted by Gasteiger charge is -2.34. The van der Waals surface area contributed by atoms with Gasteiger partial charge in [-0.25, -0.2) is 0 Å². The molecule has 19 heavy (non-hydrogen) atoms. The summed E-state index contributed by atoms with van der Waals surface area (Å²) < 4.78 is 61.6. The summed E-state index contributed by atoms with van der Waals surface area (Å²) in [6.45, 7) is 0.138. The fourth-order valence-corrected chi connectivity index (χ4v) is 2.85. The monoisotopic (exact) mass is 304 g/mol. The van der Waals surface area contributed by atoms with Crippen LogP contribution in [-0.4, -0.2) is 38.4 Å². The average Bonchev–Trinajstić information content (AvgIpc) is 2.28. The van der Waals surface area contributed by atoms with Crippen LogP contribution in [0.4, 0.5) is 13.2 Å². The van der Waals surface area contributed by atoms with Crippen molar-refractivity contribution < 1.29 is 26.7 Å². The molecule has 5 nitrogen and oxygen atoms in total. The lowest BCUT2D eigenvalue weighted by atomic mass is 9.80. The molecule has 0 aromatic heterocycles. The summed E-state index contributed by atoms with van der Waals surface area (Å²) in [7, 11) is -4.25. The van der Waals surface area contributed by atoms with Gasteiger partial charge in [0.1, 0.15) is 6.54 Å². The van der Waals surface area contributed by atoms with Gasteiger partial charge in [0.05, 0.1) is 5.60 Å². The van der Waals surface area contributed by atoms with Crippen LogP contribution in [0.3, 0.4) is 0 Å². The van der Waals surface area contributed by atoms with Crippen molar-refractivity contribution in [1.29, 1.82) is 0 Å². The number of nitrogens with one attached hydrogen (secondary N) is 2. The molecule has 1 aliphatic rings. The van der Waals surface area contributed by atoms with E-state index in [0.29, 0.717) is 18.8 Å². The van der Waals surface area contributed by atoms with Gasteiger partial charge in [0.25, 0.3) is 10.2 Å². The van der Waals surface area contributed by atoms with Gasteiger partial charge in [0.15, 0.2) is 0 Å². The van der Waals surface area contributed by atoms with Gasteiger partial charge in [-0.3, -0.25) is 0 Å². The van der Waals surface area contributed by atoms with E-state index < -0.39 is 28.5 Å². The average molecular weight is 304 g/mol. The Morgan fingerprint density at radius 1 is 1.26 bits per heavy atom. The molecule has 0 aromatic rings. The number of aliphatic hydroxyl groups is 1. The topological polar surface area (TPSA) is 78.4 Å². The molecule has 3 N–H and O–H groups in total. The summed E-state index contributed by atoms with van der Waals surface area (Å²) in [4.78, 5) is 0. The van der Waals surface area contributed by atoms with Crippen LogP contribution >= 0.6 is 0 Å². The highest BCUT2D eigenvalue weighted by molar-refractivity contribution is 7.87. The van der Waals surface area contributed by atoms with Crippen molar-refractivity contribution in [3.63, 3.8) is 0 Å². The van der Waals surface area contributed by atoms with E-state index in [1.165, 1.54) is 4.72 Å². The van der Waals surface area contributed by atoms with E-state index in [2.05, 4.69) is 0 Å². The third kappa shape index (κ3) is 6.55. The molecule has 0 unspecified atom stereocenters. The van der Waals surface area contributed by atoms with Crippen molar-refractivity contribution in [3.05, 3.63) is 0 Å². The molecule has 0 saturated heterocycles. The molecule has 0 aromatic carbocycles. The summed E-state index contributed by atoms with van der Waals surface area (Å²) in [5, 5.41) is 10.1. The molecule has 9 heteroatoms. The molecule has 0 heterocycles. The van der Waals surface area contributed by atoms with Crippen LogP contribution in [0.2, 0.25) is 0 Å². The minimum Gasteiger partial charge on any atom is -0.389 e. The molecule has 1 rings (SSSR count). The SMILES string of the molecule is CC1CCC(O)(CNS(=O)(=O)NCC(F)(F)F)CC1. The fourth-order valence-electron chi connectivity index (χ4n) is 1.93. The first kappa shape index (κ1) is 16.7. The first-order chi connectivity index (χ1) is 8.52. The van der Waals surface area contributed by atoms with Crippen molar-refractivity contribution in [1.82, 2.24) is 9.44 Å². The quantitative estimate of drug-likeness (QED) is 0.706. The molecule has 0 radical (unpaired) electrons. The third-order valence-corrected chi connectivity index (χ3v) is 4.31. The van der Waals surface area contributed by atoms with E-state index >= 15 is 0 Å². The Morgan fingerprint density at radius 2 is 1.79 bits per heavy atom. The second-order valence-electron chi connectivity index (χ2n) is 5.17. The van der Waals surface area contributed by atoms with Gasteiger partial charge in [-0.05, 0) is 31.6 Å². The molecular weight excluding hydrogens is 285 g/mol. The molecule has 1 fully saturated rings. The fraction of sp³-hybridized carbons (Fsp3) is 1.00. The largest absolute Gasteiger partial charge is 0.402 e. The molecular formula is C10H19F3N2O3S. The summed E-state index contributed by atoms with van der Waals surface area (Å²) in [5.74, 6) is 0.472. The number of hydrogen-bond acceptors (Lipinski definition) is 3. The van der Waals surface area contributed by atoms with Gasteiger partial charge in [-0.15, -0.1) is 0 Å². The lowest BCUT2D eigenvalue weighted by Crippen LogP contribution is -2.49. The Bertz CT molecular complexity index is 389. The van der Waals surface area contributed by atoms with Crippen molar-refractivity contribution in [3.8, 4) is 0 Å². The van der Waals surface area contributed by atoms with E-state index in [1.807, 2.05) is 11.6 Å². The van der Waals surface area contributed by atoms with Gasteiger partial charge >= 0.3 is 6.18 Å². The van der Waals surface area contributed by atoms with Crippen LogP contribution in [0.25, 0.3) is 0 Å². The highest BCUT2D eigenvalue weighted by Crippen LogP contribution is 2.31. The molecule has 0 atom stereocenters. The number of hydrogen-bond donors (Lipinski definition) is 3. The van der Waals surface area contributed by atoms with Gasteiger partial charge in [0, 0.05) is 6.54 Å². The lowest BCUT2D eigenvalue weighted by molar-refractivity contribution is -0.121. The second-order valence-corrected chi connectivity index (χ2v) is 6.75. The van der Waals surface area contributed by atoms with Crippen LogP contribution < -0.4 is 9.44 Å². The molecule has 1 saturated carbocycles. The Morgan fingerprint density at radius 3 is 2.26 bits per heavy atom. The summed E-state index contributed by atoms with van der Waals surface area (Å²) >= 11 is 0. The number of halogens is 3. The predicted octanol–water partition coefficient (Wildman–Crippen LogP) is 0.914. The zero-order chi connectivity index (χ0) is 14.7. The number of rotatable bonds is 5. The van der Waals surface area contributed by atoms with Gasteiger partial charge in [-0.1, -0.05) is 6.92 Å². The maximum atomic E-state index is 11.9. The van der Waals surface area contributed by atoms with Crippen LogP contribution in [0, 0.1) is 5.92 Å². The highest BCUT2D eigenvalue weighted by Gasteiger charge is 2.34. The van der Waals surface area contributed by atoms with E-state index in [4.69, 9.17) is 0 Å². The van der Waals surface area contributed by atoms with Crippen LogP contribution in [0.5, 0.6) is 0 Å². The van der Waals surface area contributed by atoms with Gasteiger partial charge < -0.3 is 5.11 Å². The second kappa shape index (κ2) is 5.94. The molecule has 0 amide bonds. The highest BCUT2D eigenvalue weighted by atomic mass is 32.2. The zero-order valence-corrected chi connectivity index (χ0v) is 11.4. The minimum atomic E-state index is -4.61. The molecule has 1 aliphatic carbocycles. The molecule has 114 valence electrons. The van der Waals surface area contributed by atoms with E-state index in [-0.39, 0.29) is 6.54 Å². The predicted molar refractivity (Wildman–Crippen MR) is 63.6 cm³/mol. The minimum absolute atomic E-state index is 0.271. The molecule has 0 bridgehead atoms. The van der Waals surface area contributed by atoms with E-state index in [0.717, 1.165) is 12.8 Å². The summed E-state index contributed by atoms with van der Waals surface area (Å²) in [5.41, 5.74) is -1.17. The smallest absolute Gasteiger partial charge is 0.389 e. The van der Waals surface area contributed by atoms with Crippen molar-refractivity contribution >= 4 is 10.2 Å². The van der Waals surface area contributed by atoms with Gasteiger partial charge in [0.2, 0.25) is 0 Å². The zero-order valence-electron chi connectivity index (χ0n) is 10.6. The number of alkyl halides is 3. The Balaban J connectivity index is 2.42. The Labute approximate surface area is 110 Å².